The van der Waals surface area contributed by atoms with Crippen LogP contribution in [0.3, 0.4) is 0 Å². The van der Waals surface area contributed by atoms with Crippen molar-refractivity contribution in [3.63, 3.8) is 0 Å². The Morgan fingerprint density at radius 3 is 2.53 bits per heavy atom. The summed E-state index contributed by atoms with van der Waals surface area (Å²) in [5, 5.41) is 11.7. The molecule has 0 aliphatic heterocycles. The standard InChI is InChI=1S/C12H15NO4/c1-2-17-11(14)8-10(12(15)16)13-9-6-4-3-5-7-9/h3-7,10,13H,2,8H2,1H3,(H,15,16)/t10-/m1/s1. The number of carboxylic acids is 1. The predicted molar refractivity (Wildman–Crippen MR) is 62.7 cm³/mol. The highest BCUT2D eigenvalue weighted by atomic mass is 16.5. The smallest absolute Gasteiger partial charge is 0.326 e. The van der Waals surface area contributed by atoms with E-state index in [9.17, 15) is 9.59 Å². The lowest BCUT2D eigenvalue weighted by molar-refractivity contribution is -0.148. The zero-order valence-electron chi connectivity index (χ0n) is 9.55. The molecular formula is C12H15NO4. The number of aliphatic carboxylic acids is 1. The summed E-state index contributed by atoms with van der Waals surface area (Å²) in [6.07, 6.45) is -0.196. The number of carboxylic acid groups (broad SMARTS) is 1. The molecule has 1 atom stereocenters. The molecule has 5 nitrogen and oxygen atoms in total. The molecule has 1 aromatic carbocycles. The van der Waals surface area contributed by atoms with Gasteiger partial charge in [0.1, 0.15) is 6.04 Å². The molecule has 0 aromatic heterocycles. The number of carbonyl (C=O) groups excluding carboxylic acids is 1. The Hall–Kier alpha value is -2.04. The monoisotopic (exact) mass is 237 g/mol. The number of anilines is 1. The Balaban J connectivity index is 2.61. The fraction of sp³-hybridized carbons (Fsp3) is 0.333. The van der Waals surface area contributed by atoms with Gasteiger partial charge in [-0.05, 0) is 19.1 Å². The number of benzene rings is 1. The van der Waals surface area contributed by atoms with E-state index in [2.05, 4.69) is 5.32 Å². The number of ether oxygens (including phenoxy) is 1. The summed E-state index contributed by atoms with van der Waals surface area (Å²) in [6.45, 7) is 1.93. The van der Waals surface area contributed by atoms with E-state index in [4.69, 9.17) is 9.84 Å². The molecule has 0 saturated heterocycles. The Morgan fingerprint density at radius 2 is 2.00 bits per heavy atom. The number of para-hydroxylation sites is 1. The Kier molecular flexibility index (Phi) is 5.00. The van der Waals surface area contributed by atoms with Crippen molar-refractivity contribution in [1.82, 2.24) is 0 Å². The topological polar surface area (TPSA) is 75.6 Å². The molecule has 0 aliphatic rings. The van der Waals surface area contributed by atoms with Crippen molar-refractivity contribution in [3.05, 3.63) is 30.3 Å². The van der Waals surface area contributed by atoms with Gasteiger partial charge in [0.05, 0.1) is 13.0 Å². The van der Waals surface area contributed by atoms with Gasteiger partial charge in [-0.25, -0.2) is 4.79 Å². The second kappa shape index (κ2) is 6.52. The van der Waals surface area contributed by atoms with Crippen LogP contribution in [0.1, 0.15) is 13.3 Å². The molecule has 0 radical (unpaired) electrons. The minimum atomic E-state index is -1.08. The summed E-state index contributed by atoms with van der Waals surface area (Å²) in [7, 11) is 0. The third-order valence-corrected chi connectivity index (χ3v) is 2.09. The van der Waals surface area contributed by atoms with E-state index in [1.54, 1.807) is 31.2 Å². The van der Waals surface area contributed by atoms with E-state index < -0.39 is 18.0 Å². The van der Waals surface area contributed by atoms with Crippen molar-refractivity contribution >= 4 is 17.6 Å². The summed E-state index contributed by atoms with van der Waals surface area (Å²) in [6, 6.07) is 7.89. The highest BCUT2D eigenvalue weighted by molar-refractivity contribution is 5.84. The van der Waals surface area contributed by atoms with Gasteiger partial charge in [-0.2, -0.15) is 0 Å². The van der Waals surface area contributed by atoms with Crippen molar-refractivity contribution in [3.8, 4) is 0 Å². The van der Waals surface area contributed by atoms with Crippen LogP contribution in [0.2, 0.25) is 0 Å². The number of nitrogens with one attached hydrogen (secondary N) is 1. The first-order valence-electron chi connectivity index (χ1n) is 5.33. The van der Waals surface area contributed by atoms with E-state index >= 15 is 0 Å². The minimum Gasteiger partial charge on any atom is -0.480 e. The van der Waals surface area contributed by atoms with Gasteiger partial charge >= 0.3 is 11.9 Å². The fourth-order valence-electron chi connectivity index (χ4n) is 1.32. The molecule has 17 heavy (non-hydrogen) atoms. The van der Waals surface area contributed by atoms with Crippen LogP contribution < -0.4 is 5.32 Å². The molecule has 1 aromatic rings. The van der Waals surface area contributed by atoms with Crippen LogP contribution in [0.4, 0.5) is 5.69 Å². The van der Waals surface area contributed by atoms with Crippen LogP contribution in [0.25, 0.3) is 0 Å². The largest absolute Gasteiger partial charge is 0.480 e. The Labute approximate surface area is 99.4 Å². The van der Waals surface area contributed by atoms with E-state index in [-0.39, 0.29) is 13.0 Å². The maximum absolute atomic E-state index is 11.2. The van der Waals surface area contributed by atoms with Crippen LogP contribution >= 0.6 is 0 Å². The number of rotatable bonds is 6. The van der Waals surface area contributed by atoms with Crippen LogP contribution in [0, 0.1) is 0 Å². The first kappa shape index (κ1) is 13.0. The first-order valence-corrected chi connectivity index (χ1v) is 5.33. The second-order valence-electron chi connectivity index (χ2n) is 3.41. The maximum atomic E-state index is 11.2. The lowest BCUT2D eigenvalue weighted by Gasteiger charge is -2.14. The molecule has 1 rings (SSSR count). The molecule has 2 N–H and O–H groups in total. The molecule has 0 aliphatic carbocycles. The normalized spacial score (nSPS) is 11.6. The van der Waals surface area contributed by atoms with E-state index in [1.165, 1.54) is 0 Å². The molecule has 0 fully saturated rings. The Bertz CT molecular complexity index is 377. The highest BCUT2D eigenvalue weighted by Crippen LogP contribution is 2.09. The zero-order chi connectivity index (χ0) is 12.7. The van der Waals surface area contributed by atoms with Gasteiger partial charge < -0.3 is 15.2 Å². The number of hydrogen-bond donors (Lipinski definition) is 2. The average Bonchev–Trinajstić information content (AvgIpc) is 2.29. The quantitative estimate of drug-likeness (QED) is 0.733. The van der Waals surface area contributed by atoms with Gasteiger partial charge in [0, 0.05) is 5.69 Å². The number of esters is 1. The van der Waals surface area contributed by atoms with Gasteiger partial charge in [0.15, 0.2) is 0 Å². The number of carbonyl (C=O) groups is 2. The molecule has 0 saturated carbocycles. The van der Waals surface area contributed by atoms with E-state index in [1.807, 2.05) is 6.07 Å². The summed E-state index contributed by atoms with van der Waals surface area (Å²) >= 11 is 0. The summed E-state index contributed by atoms with van der Waals surface area (Å²) in [5.74, 6) is -1.61. The van der Waals surface area contributed by atoms with Gasteiger partial charge in [0.2, 0.25) is 0 Å². The van der Waals surface area contributed by atoms with Crippen molar-refractivity contribution in [2.75, 3.05) is 11.9 Å². The molecule has 0 unspecified atom stereocenters. The number of hydrogen-bond acceptors (Lipinski definition) is 4. The molecule has 0 bridgehead atoms. The van der Waals surface area contributed by atoms with Gasteiger partial charge in [-0.1, -0.05) is 18.2 Å². The Morgan fingerprint density at radius 1 is 1.35 bits per heavy atom. The minimum absolute atomic E-state index is 0.196. The van der Waals surface area contributed by atoms with E-state index in [0.717, 1.165) is 0 Å². The lowest BCUT2D eigenvalue weighted by atomic mass is 10.2. The van der Waals surface area contributed by atoms with Gasteiger partial charge in [-0.15, -0.1) is 0 Å². The molecule has 92 valence electrons. The second-order valence-corrected chi connectivity index (χ2v) is 3.41. The van der Waals surface area contributed by atoms with Crippen LogP contribution in [0.15, 0.2) is 30.3 Å². The SMILES string of the molecule is CCOC(=O)C[C@@H](Nc1ccccc1)C(=O)O. The molecule has 0 heterocycles. The van der Waals surface area contributed by atoms with Crippen molar-refractivity contribution in [2.45, 2.75) is 19.4 Å². The fourth-order valence-corrected chi connectivity index (χ4v) is 1.32. The zero-order valence-corrected chi connectivity index (χ0v) is 9.55. The molecule has 5 heteroatoms. The van der Waals surface area contributed by atoms with Gasteiger partial charge in [0.25, 0.3) is 0 Å². The van der Waals surface area contributed by atoms with Crippen molar-refractivity contribution in [2.24, 2.45) is 0 Å². The lowest BCUT2D eigenvalue weighted by Crippen LogP contribution is -2.32. The maximum Gasteiger partial charge on any atom is 0.326 e. The summed E-state index contributed by atoms with van der Waals surface area (Å²) < 4.78 is 4.72. The highest BCUT2D eigenvalue weighted by Gasteiger charge is 2.21. The molecule has 0 spiro atoms. The summed E-state index contributed by atoms with van der Waals surface area (Å²) in [5.41, 5.74) is 0.657. The third kappa shape index (κ3) is 4.55. The molecular weight excluding hydrogens is 222 g/mol. The summed E-state index contributed by atoms with van der Waals surface area (Å²) in [4.78, 5) is 22.2. The predicted octanol–water partition coefficient (Wildman–Crippen LogP) is 1.50. The first-order chi connectivity index (χ1) is 8.13. The van der Waals surface area contributed by atoms with Crippen LogP contribution in [0.5, 0.6) is 0 Å². The van der Waals surface area contributed by atoms with Crippen LogP contribution in [-0.2, 0) is 14.3 Å². The van der Waals surface area contributed by atoms with E-state index in [0.29, 0.717) is 5.69 Å². The third-order valence-electron chi connectivity index (χ3n) is 2.09. The van der Waals surface area contributed by atoms with Gasteiger partial charge in [-0.3, -0.25) is 4.79 Å². The molecule has 0 amide bonds. The van der Waals surface area contributed by atoms with Crippen molar-refractivity contribution < 1.29 is 19.4 Å². The average molecular weight is 237 g/mol. The van der Waals surface area contributed by atoms with Crippen LogP contribution in [-0.4, -0.2) is 29.7 Å². The van der Waals surface area contributed by atoms with Crippen molar-refractivity contribution in [1.29, 1.82) is 0 Å².